The minimum absolute atomic E-state index is 0.0848. The number of likely N-dealkylation sites (tertiary alicyclic amines) is 1. The molecule has 0 bridgehead atoms. The highest BCUT2D eigenvalue weighted by Crippen LogP contribution is 2.48. The number of ketones is 1. The van der Waals surface area contributed by atoms with E-state index < -0.39 is 35.6 Å². The van der Waals surface area contributed by atoms with Gasteiger partial charge in [0, 0.05) is 45.1 Å². The van der Waals surface area contributed by atoms with E-state index in [1.54, 1.807) is 4.90 Å². The van der Waals surface area contributed by atoms with E-state index in [-0.39, 0.29) is 12.0 Å². The standard InChI is InChI=1S/C22H32F2N4O3/c1-20(23,24)12-17(18(29)13-21(14-25)4-5-21)26-19(30)27-8-6-22(7-9-27)15-28(10-11-31-22)16-2-3-16/h16-17H,2-13,15H2,1H3,(H,26,30)/t17-/m0/s1. The molecule has 2 aliphatic heterocycles. The number of Topliss-reactive ketones (excluding diaryl/α,β-unsaturated/α-hetero) is 1. The lowest BCUT2D eigenvalue weighted by molar-refractivity contribution is -0.134. The molecule has 0 radical (unpaired) electrons. The minimum atomic E-state index is -3.09. The fraction of sp³-hybridized carbons (Fsp3) is 0.864. The zero-order chi connectivity index (χ0) is 22.3. The molecule has 2 saturated heterocycles. The zero-order valence-electron chi connectivity index (χ0n) is 18.2. The number of nitrogens with one attached hydrogen (secondary N) is 1. The molecule has 172 valence electrons. The summed E-state index contributed by atoms with van der Waals surface area (Å²) in [6.45, 7) is 4.22. The largest absolute Gasteiger partial charge is 0.372 e. The van der Waals surface area contributed by atoms with Crippen molar-refractivity contribution in [3.8, 4) is 6.07 Å². The fourth-order valence-corrected chi connectivity index (χ4v) is 4.83. The van der Waals surface area contributed by atoms with Gasteiger partial charge in [-0.05, 0) is 45.4 Å². The number of nitriles is 1. The first kappa shape index (κ1) is 22.4. The van der Waals surface area contributed by atoms with Gasteiger partial charge in [-0.3, -0.25) is 9.69 Å². The second-order valence-electron chi connectivity index (χ2n) is 10.0. The van der Waals surface area contributed by atoms with E-state index in [1.807, 2.05) is 0 Å². The maximum atomic E-state index is 13.7. The first-order valence-corrected chi connectivity index (χ1v) is 11.4. The number of halogens is 2. The number of morpholine rings is 1. The molecule has 0 aromatic heterocycles. The van der Waals surface area contributed by atoms with Gasteiger partial charge in [-0.15, -0.1) is 0 Å². The van der Waals surface area contributed by atoms with Gasteiger partial charge in [0.15, 0.2) is 5.78 Å². The zero-order valence-corrected chi connectivity index (χ0v) is 18.2. The Morgan fingerprint density at radius 3 is 2.45 bits per heavy atom. The van der Waals surface area contributed by atoms with Crippen LogP contribution in [0, 0.1) is 16.7 Å². The summed E-state index contributed by atoms with van der Waals surface area (Å²) in [7, 11) is 0. The number of hydrogen-bond acceptors (Lipinski definition) is 5. The lowest BCUT2D eigenvalue weighted by atomic mass is 9.89. The Hall–Kier alpha value is -1.79. The van der Waals surface area contributed by atoms with Crippen LogP contribution in [0.2, 0.25) is 0 Å². The number of ether oxygens (including phenoxy) is 1. The molecule has 4 aliphatic rings. The van der Waals surface area contributed by atoms with Crippen LogP contribution in [0.5, 0.6) is 0 Å². The van der Waals surface area contributed by atoms with Gasteiger partial charge in [0.2, 0.25) is 5.92 Å². The van der Waals surface area contributed by atoms with E-state index in [0.29, 0.717) is 51.4 Å². The first-order chi connectivity index (χ1) is 14.6. The van der Waals surface area contributed by atoms with E-state index in [4.69, 9.17) is 4.74 Å². The average Bonchev–Trinajstić information content (AvgIpc) is 3.62. The lowest BCUT2D eigenvalue weighted by Gasteiger charge is -2.47. The molecule has 4 rings (SSSR count). The van der Waals surface area contributed by atoms with E-state index >= 15 is 0 Å². The third kappa shape index (κ3) is 5.53. The van der Waals surface area contributed by atoms with Crippen molar-refractivity contribution < 1.29 is 23.1 Å². The number of amides is 2. The van der Waals surface area contributed by atoms with Crippen molar-refractivity contribution in [2.75, 3.05) is 32.8 Å². The third-order valence-electron chi connectivity index (χ3n) is 7.16. The SMILES string of the molecule is CC(F)(F)C[C@H](NC(=O)N1CCC2(CC1)CN(C1CC1)CCO2)C(=O)CC1(C#N)CC1. The predicted molar refractivity (Wildman–Crippen MR) is 109 cm³/mol. The van der Waals surface area contributed by atoms with Crippen molar-refractivity contribution in [1.29, 1.82) is 5.26 Å². The van der Waals surface area contributed by atoms with Crippen LogP contribution in [0.25, 0.3) is 0 Å². The normalized spacial score (nSPS) is 26.2. The number of hydrogen-bond donors (Lipinski definition) is 1. The number of alkyl halides is 2. The molecule has 4 fully saturated rings. The molecule has 7 nitrogen and oxygen atoms in total. The summed E-state index contributed by atoms with van der Waals surface area (Å²) in [5.74, 6) is -3.58. The van der Waals surface area contributed by atoms with Gasteiger partial charge in [0.1, 0.15) is 0 Å². The Labute approximate surface area is 182 Å². The summed E-state index contributed by atoms with van der Waals surface area (Å²) in [6, 6.07) is 1.01. The molecule has 0 unspecified atom stereocenters. The van der Waals surface area contributed by atoms with Gasteiger partial charge in [0.25, 0.3) is 0 Å². The molecule has 31 heavy (non-hydrogen) atoms. The van der Waals surface area contributed by atoms with E-state index in [0.717, 1.165) is 20.0 Å². The first-order valence-electron chi connectivity index (χ1n) is 11.4. The number of carbonyl (C=O) groups is 2. The van der Waals surface area contributed by atoms with Gasteiger partial charge in [-0.1, -0.05) is 0 Å². The molecule has 2 aliphatic carbocycles. The number of urea groups is 1. The Kier molecular flexibility index (Phi) is 5.99. The van der Waals surface area contributed by atoms with Gasteiger partial charge >= 0.3 is 6.03 Å². The molecule has 0 aromatic carbocycles. The number of nitrogens with zero attached hydrogens (tertiary/aromatic N) is 3. The second kappa shape index (κ2) is 8.28. The van der Waals surface area contributed by atoms with Crippen LogP contribution < -0.4 is 5.32 Å². The van der Waals surface area contributed by atoms with Gasteiger partial charge in [0.05, 0.1) is 29.7 Å². The molecule has 1 spiro atoms. The van der Waals surface area contributed by atoms with Crippen LogP contribution in [0.15, 0.2) is 0 Å². The Morgan fingerprint density at radius 2 is 1.90 bits per heavy atom. The summed E-state index contributed by atoms with van der Waals surface area (Å²) in [5.41, 5.74) is -0.971. The topological polar surface area (TPSA) is 85.7 Å². The summed E-state index contributed by atoms with van der Waals surface area (Å²) >= 11 is 0. The molecular formula is C22H32F2N4O3. The highest BCUT2D eigenvalue weighted by molar-refractivity contribution is 5.89. The quantitative estimate of drug-likeness (QED) is 0.661. The van der Waals surface area contributed by atoms with Gasteiger partial charge in [-0.2, -0.15) is 5.26 Å². The molecule has 2 amide bonds. The van der Waals surface area contributed by atoms with E-state index in [9.17, 15) is 23.6 Å². The third-order valence-corrected chi connectivity index (χ3v) is 7.16. The van der Waals surface area contributed by atoms with Gasteiger partial charge < -0.3 is 15.0 Å². The maximum Gasteiger partial charge on any atom is 0.317 e. The molecule has 2 heterocycles. The molecule has 2 saturated carbocycles. The van der Waals surface area contributed by atoms with Gasteiger partial charge in [-0.25, -0.2) is 13.6 Å². The molecule has 0 aromatic rings. The number of rotatable bonds is 7. The highest BCUT2D eigenvalue weighted by atomic mass is 19.3. The molecule has 1 atom stereocenters. The smallest absolute Gasteiger partial charge is 0.317 e. The second-order valence-corrected chi connectivity index (χ2v) is 10.0. The number of carbonyl (C=O) groups excluding carboxylic acids is 2. The van der Waals surface area contributed by atoms with Crippen LogP contribution in [-0.4, -0.2) is 78.0 Å². The van der Waals surface area contributed by atoms with Crippen molar-refractivity contribution >= 4 is 11.8 Å². The van der Waals surface area contributed by atoms with Crippen molar-refractivity contribution in [1.82, 2.24) is 15.1 Å². The highest BCUT2D eigenvalue weighted by Gasteiger charge is 2.47. The summed E-state index contributed by atoms with van der Waals surface area (Å²) in [4.78, 5) is 29.5. The molecule has 1 N–H and O–H groups in total. The summed E-state index contributed by atoms with van der Waals surface area (Å²) < 4.78 is 33.5. The molecule has 9 heteroatoms. The van der Waals surface area contributed by atoms with Crippen molar-refractivity contribution in [3.63, 3.8) is 0 Å². The summed E-state index contributed by atoms with van der Waals surface area (Å²) in [5, 5.41) is 11.8. The fourth-order valence-electron chi connectivity index (χ4n) is 4.83. The number of piperidine rings is 1. The van der Waals surface area contributed by atoms with Crippen LogP contribution in [0.4, 0.5) is 13.6 Å². The van der Waals surface area contributed by atoms with Crippen LogP contribution in [0.3, 0.4) is 0 Å². The Balaban J connectivity index is 1.33. The Bertz CT molecular complexity index is 747. The van der Waals surface area contributed by atoms with Crippen LogP contribution >= 0.6 is 0 Å². The van der Waals surface area contributed by atoms with Crippen molar-refractivity contribution in [2.24, 2.45) is 5.41 Å². The lowest BCUT2D eigenvalue weighted by Crippen LogP contribution is -2.59. The minimum Gasteiger partial charge on any atom is -0.372 e. The van der Waals surface area contributed by atoms with Crippen LogP contribution in [0.1, 0.15) is 58.3 Å². The van der Waals surface area contributed by atoms with Crippen LogP contribution in [-0.2, 0) is 9.53 Å². The Morgan fingerprint density at radius 1 is 1.23 bits per heavy atom. The van der Waals surface area contributed by atoms with Crippen molar-refractivity contribution in [2.45, 2.75) is 81.9 Å². The van der Waals surface area contributed by atoms with Crippen molar-refractivity contribution in [3.05, 3.63) is 0 Å². The summed E-state index contributed by atoms with van der Waals surface area (Å²) in [6.07, 6.45) is 4.25. The van der Waals surface area contributed by atoms with E-state index in [2.05, 4.69) is 16.3 Å². The van der Waals surface area contributed by atoms with E-state index in [1.165, 1.54) is 12.8 Å². The predicted octanol–water partition coefficient (Wildman–Crippen LogP) is 2.70. The maximum absolute atomic E-state index is 13.7. The monoisotopic (exact) mass is 438 g/mol. The average molecular weight is 439 g/mol. The molecular weight excluding hydrogens is 406 g/mol.